The Balaban J connectivity index is 1.75. The molecular formula is C19H25F2N7OS. The summed E-state index contributed by atoms with van der Waals surface area (Å²) in [4.78, 5) is 18.1. The molecule has 0 bridgehead atoms. The lowest BCUT2D eigenvalue weighted by molar-refractivity contribution is 0.0721. The molecule has 3 rings (SSSR count). The fourth-order valence-electron chi connectivity index (χ4n) is 3.32. The predicted molar refractivity (Wildman–Crippen MR) is 115 cm³/mol. The van der Waals surface area contributed by atoms with Crippen molar-refractivity contribution in [2.45, 2.75) is 19.0 Å². The molecule has 2 unspecified atom stereocenters. The quantitative estimate of drug-likeness (QED) is 0.409. The molecule has 30 heavy (non-hydrogen) atoms. The van der Waals surface area contributed by atoms with E-state index in [-0.39, 0.29) is 6.10 Å². The van der Waals surface area contributed by atoms with Crippen molar-refractivity contribution in [3.63, 3.8) is 0 Å². The highest BCUT2D eigenvalue weighted by Crippen LogP contribution is 2.25. The first kappa shape index (κ1) is 22.3. The van der Waals surface area contributed by atoms with Gasteiger partial charge in [0.05, 0.1) is 29.4 Å². The van der Waals surface area contributed by atoms with Gasteiger partial charge < -0.3 is 14.6 Å². The molecule has 11 heteroatoms. The summed E-state index contributed by atoms with van der Waals surface area (Å²) >= 11 is 1.60. The molecule has 8 nitrogen and oxygen atoms in total. The Morgan fingerprint density at radius 2 is 2.27 bits per heavy atom. The second-order valence-electron chi connectivity index (χ2n) is 6.95. The van der Waals surface area contributed by atoms with Crippen LogP contribution in [0.4, 0.5) is 14.6 Å². The summed E-state index contributed by atoms with van der Waals surface area (Å²) in [6, 6.07) is 1.87. The summed E-state index contributed by atoms with van der Waals surface area (Å²) < 4.78 is 33.8. The Morgan fingerprint density at radius 1 is 1.43 bits per heavy atom. The summed E-state index contributed by atoms with van der Waals surface area (Å²) in [6.45, 7) is 2.49. The third-order valence-corrected chi connectivity index (χ3v) is 5.31. The van der Waals surface area contributed by atoms with Gasteiger partial charge in [0.15, 0.2) is 0 Å². The number of aromatic amines is 1. The fraction of sp³-hybridized carbons (Fsp3) is 0.474. The molecule has 1 fully saturated rings. The van der Waals surface area contributed by atoms with E-state index in [9.17, 15) is 8.78 Å². The standard InChI is InChI=1S/C19H25F2N7OS/c1-29-13-5-12(7-26-30-2)9-28(10-13)18-6-15(24-11-25-18)16-8-23-17(27-16)4-3-14(22)19(20)21/h3-4,6,8,11-13,19,22,26H,5,7,9-10H2,1-2H3,(H,23,27)/b4-3-,22-14?. The Kier molecular flexibility index (Phi) is 7.88. The number of halogens is 2. The van der Waals surface area contributed by atoms with E-state index in [1.807, 2.05) is 12.3 Å². The average molecular weight is 438 g/mol. The van der Waals surface area contributed by atoms with Crippen LogP contribution < -0.4 is 9.62 Å². The minimum absolute atomic E-state index is 0.125. The van der Waals surface area contributed by atoms with Gasteiger partial charge in [0.1, 0.15) is 18.0 Å². The summed E-state index contributed by atoms with van der Waals surface area (Å²) in [5, 5.41) is 7.18. The average Bonchev–Trinajstić information content (AvgIpc) is 3.25. The third kappa shape index (κ3) is 5.83. The normalized spacial score (nSPS) is 19.7. The highest BCUT2D eigenvalue weighted by molar-refractivity contribution is 7.96. The number of nitrogens with zero attached hydrogens (tertiary/aromatic N) is 4. The van der Waals surface area contributed by atoms with Crippen LogP contribution in [0.25, 0.3) is 17.5 Å². The largest absolute Gasteiger partial charge is 0.380 e. The van der Waals surface area contributed by atoms with Gasteiger partial charge in [0.25, 0.3) is 6.43 Å². The van der Waals surface area contributed by atoms with Crippen molar-refractivity contribution in [1.29, 1.82) is 5.41 Å². The van der Waals surface area contributed by atoms with Crippen LogP contribution in [-0.4, -0.2) is 71.2 Å². The van der Waals surface area contributed by atoms with Crippen LogP contribution in [-0.2, 0) is 4.74 Å². The number of rotatable bonds is 9. The van der Waals surface area contributed by atoms with Crippen molar-refractivity contribution in [2.75, 3.05) is 37.9 Å². The van der Waals surface area contributed by atoms with E-state index >= 15 is 0 Å². The van der Waals surface area contributed by atoms with Gasteiger partial charge in [-0.1, -0.05) is 11.9 Å². The van der Waals surface area contributed by atoms with Gasteiger partial charge in [-0.05, 0) is 30.7 Å². The first-order valence-electron chi connectivity index (χ1n) is 9.45. The summed E-state index contributed by atoms with van der Waals surface area (Å²) in [7, 11) is 1.73. The number of anilines is 1. The Bertz CT molecular complexity index is 876. The number of H-pyrrole nitrogens is 1. The SMILES string of the molecule is COC1CC(CNSC)CN(c2cc(-c3cnc(/C=C\C(=N)C(F)F)[nH]3)ncn2)C1. The van der Waals surface area contributed by atoms with Gasteiger partial charge in [-0.15, -0.1) is 0 Å². The molecule has 0 spiro atoms. The van der Waals surface area contributed by atoms with E-state index in [1.165, 1.54) is 12.4 Å². The van der Waals surface area contributed by atoms with Crippen LogP contribution in [0.1, 0.15) is 12.2 Å². The number of aromatic nitrogens is 4. The number of imidazole rings is 1. The van der Waals surface area contributed by atoms with Crippen molar-refractivity contribution in [2.24, 2.45) is 5.92 Å². The molecule has 162 valence electrons. The van der Waals surface area contributed by atoms with Crippen molar-refractivity contribution < 1.29 is 13.5 Å². The molecule has 3 heterocycles. The Morgan fingerprint density at radius 3 is 3.00 bits per heavy atom. The van der Waals surface area contributed by atoms with E-state index in [0.717, 1.165) is 37.9 Å². The highest BCUT2D eigenvalue weighted by Gasteiger charge is 2.28. The summed E-state index contributed by atoms with van der Waals surface area (Å²) in [5.41, 5.74) is 0.526. The molecule has 2 aromatic heterocycles. The maximum absolute atomic E-state index is 12.4. The minimum atomic E-state index is -2.81. The number of ether oxygens (including phenoxy) is 1. The molecule has 0 radical (unpaired) electrons. The van der Waals surface area contributed by atoms with Gasteiger partial charge in [-0.25, -0.2) is 23.7 Å². The predicted octanol–water partition coefficient (Wildman–Crippen LogP) is 2.87. The van der Waals surface area contributed by atoms with Gasteiger partial charge in [0, 0.05) is 32.8 Å². The molecule has 0 aliphatic carbocycles. The maximum Gasteiger partial charge on any atom is 0.279 e. The van der Waals surface area contributed by atoms with Crippen LogP contribution in [0, 0.1) is 11.3 Å². The minimum Gasteiger partial charge on any atom is -0.380 e. The Labute approximate surface area is 178 Å². The van der Waals surface area contributed by atoms with E-state index in [0.29, 0.717) is 23.1 Å². The topological polar surface area (TPSA) is 103 Å². The summed E-state index contributed by atoms with van der Waals surface area (Å²) in [6.07, 6.45) is 5.76. The monoisotopic (exact) mass is 437 g/mol. The lowest BCUT2D eigenvalue weighted by Gasteiger charge is -2.37. The number of nitrogens with one attached hydrogen (secondary N) is 3. The van der Waals surface area contributed by atoms with E-state index < -0.39 is 12.1 Å². The number of allylic oxidation sites excluding steroid dienone is 1. The highest BCUT2D eigenvalue weighted by atomic mass is 32.2. The molecule has 3 N–H and O–H groups in total. The van der Waals surface area contributed by atoms with Crippen molar-refractivity contribution in [3.05, 3.63) is 30.5 Å². The first-order valence-corrected chi connectivity index (χ1v) is 10.7. The van der Waals surface area contributed by atoms with Crippen molar-refractivity contribution >= 4 is 29.6 Å². The second kappa shape index (κ2) is 10.6. The number of alkyl halides is 2. The van der Waals surface area contributed by atoms with Crippen LogP contribution in [0.15, 0.2) is 24.7 Å². The van der Waals surface area contributed by atoms with E-state index in [2.05, 4.69) is 29.6 Å². The van der Waals surface area contributed by atoms with Crippen molar-refractivity contribution in [1.82, 2.24) is 24.7 Å². The molecule has 1 aliphatic rings. The van der Waals surface area contributed by atoms with Crippen LogP contribution >= 0.6 is 11.9 Å². The maximum atomic E-state index is 12.4. The zero-order chi connectivity index (χ0) is 21.5. The molecule has 0 aromatic carbocycles. The number of piperidine rings is 1. The number of hydrogen-bond acceptors (Lipinski definition) is 8. The van der Waals surface area contributed by atoms with Gasteiger partial charge in [-0.2, -0.15) is 0 Å². The zero-order valence-corrected chi connectivity index (χ0v) is 17.6. The smallest absolute Gasteiger partial charge is 0.279 e. The second-order valence-corrected chi connectivity index (χ2v) is 7.65. The van der Waals surface area contributed by atoms with E-state index in [4.69, 9.17) is 10.1 Å². The van der Waals surface area contributed by atoms with Crippen LogP contribution in [0.3, 0.4) is 0 Å². The van der Waals surface area contributed by atoms with Gasteiger partial charge in [-0.3, -0.25) is 10.1 Å². The van der Waals surface area contributed by atoms with E-state index in [1.54, 1.807) is 25.3 Å². The molecule has 0 saturated carbocycles. The first-order chi connectivity index (χ1) is 14.5. The number of hydrogen-bond donors (Lipinski definition) is 3. The molecule has 2 aromatic rings. The lowest BCUT2D eigenvalue weighted by atomic mass is 9.96. The molecule has 0 amide bonds. The van der Waals surface area contributed by atoms with Crippen LogP contribution in [0.5, 0.6) is 0 Å². The van der Waals surface area contributed by atoms with Gasteiger partial charge in [0.2, 0.25) is 0 Å². The van der Waals surface area contributed by atoms with Crippen LogP contribution in [0.2, 0.25) is 0 Å². The molecular weight excluding hydrogens is 412 g/mol. The zero-order valence-electron chi connectivity index (χ0n) is 16.8. The Hall–Kier alpha value is -2.37. The number of methoxy groups -OCH3 is 1. The molecule has 2 atom stereocenters. The molecule has 1 aliphatic heterocycles. The molecule has 1 saturated heterocycles. The lowest BCUT2D eigenvalue weighted by Crippen LogP contribution is -2.46. The van der Waals surface area contributed by atoms with Crippen molar-refractivity contribution in [3.8, 4) is 11.4 Å². The summed E-state index contributed by atoms with van der Waals surface area (Å²) in [5.74, 6) is 1.60. The fourth-order valence-corrected chi connectivity index (χ4v) is 3.72. The third-order valence-electron chi connectivity index (χ3n) is 4.85. The van der Waals surface area contributed by atoms with Gasteiger partial charge >= 0.3 is 0 Å².